The topological polar surface area (TPSA) is 83.7 Å². The van der Waals surface area contributed by atoms with E-state index in [1.807, 2.05) is 0 Å². The fraction of sp³-hybridized carbons (Fsp3) is 0.533. The molecule has 2 aliphatic heterocycles. The number of piperidine rings is 1. The molecule has 2 fully saturated rings. The van der Waals surface area contributed by atoms with Crippen molar-refractivity contribution in [2.45, 2.75) is 43.9 Å². The van der Waals surface area contributed by atoms with Gasteiger partial charge in [-0.3, -0.25) is 19.8 Å². The van der Waals surface area contributed by atoms with Crippen LogP contribution in [0.3, 0.4) is 0 Å². The highest BCUT2D eigenvalue weighted by molar-refractivity contribution is 5.98. The van der Waals surface area contributed by atoms with Gasteiger partial charge in [-0.2, -0.15) is 0 Å². The number of ketones is 1. The number of Topliss-reactive ketones (excluding diaryl/α,β-unsaturated/α-hetero) is 1. The number of hydrogen-bond donors (Lipinski definition) is 1. The van der Waals surface area contributed by atoms with E-state index in [1.165, 1.54) is 12.1 Å². The Morgan fingerprint density at radius 1 is 1.33 bits per heavy atom. The molecular formula is C15H18N2O4. The number of nitro groups is 1. The first kappa shape index (κ1) is 14.2. The van der Waals surface area contributed by atoms with Gasteiger partial charge in [0.05, 0.1) is 17.6 Å². The van der Waals surface area contributed by atoms with E-state index in [9.17, 15) is 20.0 Å². The first-order valence-corrected chi connectivity index (χ1v) is 7.26. The maximum atomic E-state index is 12.4. The number of nitro benzene ring substituents is 1. The molecule has 2 unspecified atom stereocenters. The number of aliphatic hydroxyl groups is 1. The van der Waals surface area contributed by atoms with Gasteiger partial charge >= 0.3 is 0 Å². The Labute approximate surface area is 122 Å². The SMILES string of the molecule is O=C(CN1C2CCC1CC(O)C2)c1cccc([N+](=O)[O-])c1. The van der Waals surface area contributed by atoms with Crippen LogP contribution in [0.25, 0.3) is 0 Å². The molecule has 1 N–H and O–H groups in total. The summed E-state index contributed by atoms with van der Waals surface area (Å²) in [5, 5.41) is 20.5. The summed E-state index contributed by atoms with van der Waals surface area (Å²) in [5.41, 5.74) is 0.326. The number of hydrogen-bond acceptors (Lipinski definition) is 5. The summed E-state index contributed by atoms with van der Waals surface area (Å²) in [6, 6.07) is 6.42. The van der Waals surface area contributed by atoms with Gasteiger partial charge in [0.15, 0.2) is 5.78 Å². The number of non-ortho nitro benzene ring substituents is 1. The Hall–Kier alpha value is -1.79. The van der Waals surface area contributed by atoms with Crippen LogP contribution in [0.4, 0.5) is 5.69 Å². The van der Waals surface area contributed by atoms with Gasteiger partial charge in [0.2, 0.25) is 0 Å². The third-order valence-electron chi connectivity index (χ3n) is 4.56. The number of fused-ring (bicyclic) bond motifs is 2. The van der Waals surface area contributed by atoms with Crippen LogP contribution in [-0.2, 0) is 0 Å². The summed E-state index contributed by atoms with van der Waals surface area (Å²) in [7, 11) is 0. The Bertz CT molecular complexity index is 561. The maximum Gasteiger partial charge on any atom is 0.270 e. The van der Waals surface area contributed by atoms with Crippen LogP contribution >= 0.6 is 0 Å². The molecule has 1 aromatic carbocycles. The van der Waals surface area contributed by atoms with Crippen LogP contribution in [0.5, 0.6) is 0 Å². The predicted molar refractivity (Wildman–Crippen MR) is 76.2 cm³/mol. The van der Waals surface area contributed by atoms with Gasteiger partial charge in [-0.1, -0.05) is 12.1 Å². The summed E-state index contributed by atoms with van der Waals surface area (Å²) in [6.45, 7) is 0.281. The van der Waals surface area contributed by atoms with E-state index in [0.717, 1.165) is 25.7 Å². The third-order valence-corrected chi connectivity index (χ3v) is 4.56. The zero-order valence-corrected chi connectivity index (χ0v) is 11.6. The molecule has 21 heavy (non-hydrogen) atoms. The van der Waals surface area contributed by atoms with E-state index < -0.39 is 4.92 Å². The number of carbonyl (C=O) groups excluding carboxylic acids is 1. The van der Waals surface area contributed by atoms with E-state index in [4.69, 9.17) is 0 Å². The molecule has 2 saturated heterocycles. The van der Waals surface area contributed by atoms with Crippen molar-refractivity contribution in [3.63, 3.8) is 0 Å². The standard InChI is InChI=1S/C15H18N2O4/c18-14-7-11-4-5-12(8-14)16(11)9-15(19)10-2-1-3-13(6-10)17(20)21/h1-3,6,11-12,14,18H,4-5,7-9H2. The molecule has 3 rings (SSSR count). The van der Waals surface area contributed by atoms with E-state index in [2.05, 4.69) is 4.90 Å². The van der Waals surface area contributed by atoms with Gasteiger partial charge in [0.1, 0.15) is 0 Å². The van der Waals surface area contributed by atoms with Crippen LogP contribution in [0.1, 0.15) is 36.0 Å². The van der Waals surface area contributed by atoms with Crippen LogP contribution in [0, 0.1) is 10.1 Å². The van der Waals surface area contributed by atoms with Gasteiger partial charge in [0, 0.05) is 29.8 Å². The lowest BCUT2D eigenvalue weighted by Crippen LogP contribution is -2.46. The van der Waals surface area contributed by atoms with Crippen molar-refractivity contribution in [1.29, 1.82) is 0 Å². The molecule has 2 bridgehead atoms. The van der Waals surface area contributed by atoms with E-state index in [1.54, 1.807) is 12.1 Å². The zero-order chi connectivity index (χ0) is 15.0. The molecule has 0 aromatic heterocycles. The van der Waals surface area contributed by atoms with Crippen molar-refractivity contribution in [3.05, 3.63) is 39.9 Å². The smallest absolute Gasteiger partial charge is 0.270 e. The predicted octanol–water partition coefficient (Wildman–Crippen LogP) is 1.77. The Balaban J connectivity index is 1.72. The number of carbonyl (C=O) groups is 1. The Morgan fingerprint density at radius 3 is 2.62 bits per heavy atom. The molecule has 112 valence electrons. The van der Waals surface area contributed by atoms with Crippen LogP contribution in [0.15, 0.2) is 24.3 Å². The highest BCUT2D eigenvalue weighted by Gasteiger charge is 2.40. The lowest BCUT2D eigenvalue weighted by Gasteiger charge is -2.36. The fourth-order valence-electron chi connectivity index (χ4n) is 3.55. The molecule has 1 aromatic rings. The molecule has 6 heteroatoms. The molecule has 2 aliphatic rings. The number of benzene rings is 1. The summed E-state index contributed by atoms with van der Waals surface area (Å²) < 4.78 is 0. The van der Waals surface area contributed by atoms with Crippen molar-refractivity contribution in [2.75, 3.05) is 6.54 Å². The van der Waals surface area contributed by atoms with Gasteiger partial charge in [0.25, 0.3) is 5.69 Å². The molecule has 0 saturated carbocycles. The van der Waals surface area contributed by atoms with E-state index in [-0.39, 0.29) is 36.2 Å². The van der Waals surface area contributed by atoms with Gasteiger partial charge < -0.3 is 5.11 Å². The first-order valence-electron chi connectivity index (χ1n) is 7.26. The van der Waals surface area contributed by atoms with E-state index >= 15 is 0 Å². The second kappa shape index (κ2) is 5.54. The lowest BCUT2D eigenvalue weighted by molar-refractivity contribution is -0.384. The molecule has 2 heterocycles. The quantitative estimate of drug-likeness (QED) is 0.519. The Morgan fingerprint density at radius 2 is 2.00 bits per heavy atom. The lowest BCUT2D eigenvalue weighted by atomic mass is 9.99. The van der Waals surface area contributed by atoms with Crippen molar-refractivity contribution in [3.8, 4) is 0 Å². The number of aliphatic hydroxyl groups excluding tert-OH is 1. The molecule has 0 aliphatic carbocycles. The summed E-state index contributed by atoms with van der Waals surface area (Å²) >= 11 is 0. The second-order valence-corrected chi connectivity index (χ2v) is 5.91. The van der Waals surface area contributed by atoms with Crippen molar-refractivity contribution < 1.29 is 14.8 Å². The minimum absolute atomic E-state index is 0.0575. The molecule has 0 spiro atoms. The minimum Gasteiger partial charge on any atom is -0.393 e. The maximum absolute atomic E-state index is 12.4. The fourth-order valence-corrected chi connectivity index (χ4v) is 3.55. The molecule has 6 nitrogen and oxygen atoms in total. The van der Waals surface area contributed by atoms with Gasteiger partial charge in [-0.15, -0.1) is 0 Å². The van der Waals surface area contributed by atoms with Crippen LogP contribution < -0.4 is 0 Å². The highest BCUT2D eigenvalue weighted by atomic mass is 16.6. The van der Waals surface area contributed by atoms with Crippen LogP contribution in [0.2, 0.25) is 0 Å². The third kappa shape index (κ3) is 2.82. The monoisotopic (exact) mass is 290 g/mol. The molecule has 2 atom stereocenters. The van der Waals surface area contributed by atoms with Crippen LogP contribution in [-0.4, -0.2) is 45.4 Å². The molecule has 0 amide bonds. The zero-order valence-electron chi connectivity index (χ0n) is 11.6. The van der Waals surface area contributed by atoms with Gasteiger partial charge in [-0.05, 0) is 25.7 Å². The normalized spacial score (nSPS) is 28.5. The summed E-state index contributed by atoms with van der Waals surface area (Å²) in [6.07, 6.45) is 3.22. The van der Waals surface area contributed by atoms with Crippen molar-refractivity contribution in [1.82, 2.24) is 4.90 Å². The van der Waals surface area contributed by atoms with Gasteiger partial charge in [-0.25, -0.2) is 0 Å². The summed E-state index contributed by atoms with van der Waals surface area (Å²) in [5.74, 6) is -0.0908. The largest absolute Gasteiger partial charge is 0.393 e. The average molecular weight is 290 g/mol. The highest BCUT2D eigenvalue weighted by Crippen LogP contribution is 2.35. The molecular weight excluding hydrogens is 272 g/mol. The first-order chi connectivity index (χ1) is 10.0. The van der Waals surface area contributed by atoms with E-state index in [0.29, 0.717) is 5.56 Å². The number of nitrogens with zero attached hydrogens (tertiary/aromatic N) is 2. The van der Waals surface area contributed by atoms with Crippen molar-refractivity contribution in [2.24, 2.45) is 0 Å². The Kier molecular flexibility index (Phi) is 3.73. The average Bonchev–Trinajstić information content (AvgIpc) is 2.70. The minimum atomic E-state index is -0.488. The molecule has 0 radical (unpaired) electrons. The number of rotatable bonds is 4. The van der Waals surface area contributed by atoms with Crippen molar-refractivity contribution >= 4 is 11.5 Å². The summed E-state index contributed by atoms with van der Waals surface area (Å²) in [4.78, 5) is 24.8. The second-order valence-electron chi connectivity index (χ2n) is 5.91.